The van der Waals surface area contributed by atoms with Gasteiger partial charge >= 0.3 is 5.97 Å². The first kappa shape index (κ1) is 8.67. The molecule has 0 aromatic heterocycles. The predicted molar refractivity (Wildman–Crippen MR) is 43.2 cm³/mol. The van der Waals surface area contributed by atoms with Crippen LogP contribution in [0.4, 0.5) is 5.69 Å². The molecular formula is C7H5ClN2O2. The maximum absolute atomic E-state index is 10.4. The van der Waals surface area contributed by atoms with Gasteiger partial charge in [-0.3, -0.25) is 0 Å². The van der Waals surface area contributed by atoms with E-state index in [9.17, 15) is 4.79 Å². The molecule has 1 aromatic carbocycles. The Kier molecular flexibility index (Phi) is 2.40. The second kappa shape index (κ2) is 3.32. The molecule has 0 atom stereocenters. The summed E-state index contributed by atoms with van der Waals surface area (Å²) >= 11 is 5.60. The van der Waals surface area contributed by atoms with Crippen LogP contribution in [-0.4, -0.2) is 11.1 Å². The van der Waals surface area contributed by atoms with E-state index >= 15 is 0 Å². The highest BCUT2D eigenvalue weighted by Crippen LogP contribution is 2.25. The van der Waals surface area contributed by atoms with E-state index in [0.29, 0.717) is 0 Å². The largest absolute Gasteiger partial charge is 0.478 e. The molecule has 62 valence electrons. The summed E-state index contributed by atoms with van der Waals surface area (Å²) in [6.45, 7) is 0. The lowest BCUT2D eigenvalue weighted by atomic mass is 10.2. The molecule has 0 fully saturated rings. The molecule has 4 nitrogen and oxygen atoms in total. The molecule has 2 N–H and O–H groups in total. The molecule has 0 radical (unpaired) electrons. The smallest absolute Gasteiger partial charge is 0.335 e. The number of carboxylic acid groups (broad SMARTS) is 1. The van der Waals surface area contributed by atoms with Gasteiger partial charge in [0.1, 0.15) is 5.69 Å². The highest BCUT2D eigenvalue weighted by atomic mass is 35.5. The minimum Gasteiger partial charge on any atom is -0.478 e. The first-order valence-corrected chi connectivity index (χ1v) is 3.43. The molecule has 0 saturated heterocycles. The number of benzene rings is 1. The predicted octanol–water partition coefficient (Wildman–Crippen LogP) is 2.70. The fourth-order valence-electron chi connectivity index (χ4n) is 0.731. The molecular weight excluding hydrogens is 180 g/mol. The summed E-state index contributed by atoms with van der Waals surface area (Å²) in [6, 6.07) is 4.00. The molecule has 0 amide bonds. The van der Waals surface area contributed by atoms with Crippen molar-refractivity contribution in [2.45, 2.75) is 0 Å². The number of halogens is 1. The number of carboxylic acids is 1. The third-order valence-corrected chi connectivity index (χ3v) is 1.62. The minimum atomic E-state index is -1.05. The van der Waals surface area contributed by atoms with Gasteiger partial charge in [0, 0.05) is 0 Å². The molecule has 1 rings (SSSR count). The first-order valence-electron chi connectivity index (χ1n) is 3.05. The molecule has 0 aliphatic rings. The van der Waals surface area contributed by atoms with E-state index in [2.05, 4.69) is 5.11 Å². The highest BCUT2D eigenvalue weighted by molar-refractivity contribution is 6.33. The standard InChI is InChI=1S/C7H5ClN2O2/c8-5-3-4(7(11)12)1-2-6(5)10-9/h1-3,9H,(H,11,12). The number of nitrogens with one attached hydrogen (secondary N) is 1. The van der Waals surface area contributed by atoms with Crippen molar-refractivity contribution in [3.05, 3.63) is 28.8 Å². The van der Waals surface area contributed by atoms with Crippen molar-refractivity contribution in [2.24, 2.45) is 5.11 Å². The lowest BCUT2D eigenvalue weighted by molar-refractivity contribution is 0.0697. The van der Waals surface area contributed by atoms with Gasteiger partial charge in [0.15, 0.2) is 0 Å². The number of rotatable bonds is 2. The molecule has 0 unspecified atom stereocenters. The van der Waals surface area contributed by atoms with Crippen LogP contribution in [0.1, 0.15) is 10.4 Å². The minimum absolute atomic E-state index is 0.0902. The van der Waals surface area contributed by atoms with Gasteiger partial charge in [0.05, 0.1) is 10.6 Å². The zero-order chi connectivity index (χ0) is 9.14. The fourth-order valence-corrected chi connectivity index (χ4v) is 0.953. The van der Waals surface area contributed by atoms with E-state index in [4.69, 9.17) is 22.2 Å². The summed E-state index contributed by atoms with van der Waals surface area (Å²) in [7, 11) is 0. The van der Waals surface area contributed by atoms with Gasteiger partial charge in [-0.15, -0.1) is 0 Å². The average molecular weight is 185 g/mol. The molecule has 0 spiro atoms. The molecule has 0 aliphatic heterocycles. The van der Waals surface area contributed by atoms with Crippen molar-refractivity contribution >= 4 is 23.3 Å². The van der Waals surface area contributed by atoms with Gasteiger partial charge in [-0.25, -0.2) is 10.3 Å². The van der Waals surface area contributed by atoms with Crippen LogP contribution in [-0.2, 0) is 0 Å². The lowest BCUT2D eigenvalue weighted by Crippen LogP contribution is -1.94. The maximum Gasteiger partial charge on any atom is 0.335 e. The molecule has 0 bridgehead atoms. The van der Waals surface area contributed by atoms with Crippen LogP contribution in [0.2, 0.25) is 5.02 Å². The Morgan fingerprint density at radius 3 is 2.67 bits per heavy atom. The summed E-state index contributed by atoms with van der Waals surface area (Å²) in [5, 5.41) is 11.8. The Balaban J connectivity index is 3.18. The number of hydrogen-bond donors (Lipinski definition) is 2. The Labute approximate surface area is 73.3 Å². The van der Waals surface area contributed by atoms with Gasteiger partial charge < -0.3 is 5.11 Å². The Morgan fingerprint density at radius 2 is 2.25 bits per heavy atom. The monoisotopic (exact) mass is 184 g/mol. The Hall–Kier alpha value is -1.42. The van der Waals surface area contributed by atoms with Crippen LogP contribution < -0.4 is 0 Å². The fraction of sp³-hybridized carbons (Fsp3) is 0. The van der Waals surface area contributed by atoms with E-state index in [1.54, 1.807) is 0 Å². The van der Waals surface area contributed by atoms with Crippen molar-refractivity contribution in [1.29, 1.82) is 5.53 Å². The second-order valence-corrected chi connectivity index (χ2v) is 2.49. The highest BCUT2D eigenvalue weighted by Gasteiger charge is 2.05. The van der Waals surface area contributed by atoms with E-state index in [-0.39, 0.29) is 16.3 Å². The van der Waals surface area contributed by atoms with Crippen LogP contribution in [0.3, 0.4) is 0 Å². The van der Waals surface area contributed by atoms with Crippen LogP contribution >= 0.6 is 11.6 Å². The van der Waals surface area contributed by atoms with Crippen molar-refractivity contribution in [3.63, 3.8) is 0 Å². The van der Waals surface area contributed by atoms with Crippen molar-refractivity contribution in [3.8, 4) is 0 Å². The molecule has 1 aromatic rings. The second-order valence-electron chi connectivity index (χ2n) is 2.08. The normalized spacial score (nSPS) is 9.42. The Bertz CT molecular complexity index is 338. The number of carbonyl (C=O) groups is 1. The van der Waals surface area contributed by atoms with Crippen LogP contribution in [0.25, 0.3) is 0 Å². The number of aromatic carboxylic acids is 1. The summed E-state index contributed by atoms with van der Waals surface area (Å²) in [5.41, 5.74) is 7.01. The van der Waals surface area contributed by atoms with Gasteiger partial charge in [-0.2, -0.15) is 5.11 Å². The molecule has 12 heavy (non-hydrogen) atoms. The van der Waals surface area contributed by atoms with Crippen LogP contribution in [0.15, 0.2) is 23.3 Å². The molecule has 0 saturated carbocycles. The quantitative estimate of drug-likeness (QED) is 0.694. The zero-order valence-corrected chi connectivity index (χ0v) is 6.67. The van der Waals surface area contributed by atoms with Crippen LogP contribution in [0.5, 0.6) is 0 Å². The third kappa shape index (κ3) is 1.60. The van der Waals surface area contributed by atoms with E-state index in [0.717, 1.165) is 0 Å². The van der Waals surface area contributed by atoms with Crippen LogP contribution in [0, 0.1) is 5.53 Å². The maximum atomic E-state index is 10.4. The molecule has 5 heteroatoms. The first-order chi connectivity index (χ1) is 5.65. The van der Waals surface area contributed by atoms with Gasteiger partial charge in [-0.05, 0) is 18.2 Å². The van der Waals surface area contributed by atoms with E-state index < -0.39 is 5.97 Å². The summed E-state index contributed by atoms with van der Waals surface area (Å²) < 4.78 is 0. The Morgan fingerprint density at radius 1 is 1.58 bits per heavy atom. The topological polar surface area (TPSA) is 73.5 Å². The van der Waals surface area contributed by atoms with Crippen molar-refractivity contribution in [1.82, 2.24) is 0 Å². The average Bonchev–Trinajstić information content (AvgIpc) is 2.04. The lowest BCUT2D eigenvalue weighted by Gasteiger charge is -1.97. The number of hydrogen-bond acceptors (Lipinski definition) is 3. The van der Waals surface area contributed by atoms with E-state index in [1.165, 1.54) is 18.2 Å². The zero-order valence-electron chi connectivity index (χ0n) is 5.91. The number of nitrogens with zero attached hydrogens (tertiary/aromatic N) is 1. The van der Waals surface area contributed by atoms with Crippen molar-refractivity contribution in [2.75, 3.05) is 0 Å². The third-order valence-electron chi connectivity index (χ3n) is 1.32. The summed E-state index contributed by atoms with van der Waals surface area (Å²) in [5.74, 6) is -1.05. The SMILES string of the molecule is N=Nc1ccc(C(=O)O)cc1Cl. The van der Waals surface area contributed by atoms with E-state index in [1.807, 2.05) is 0 Å². The van der Waals surface area contributed by atoms with Gasteiger partial charge in [0.2, 0.25) is 0 Å². The van der Waals surface area contributed by atoms with Gasteiger partial charge in [0.25, 0.3) is 0 Å². The molecule has 0 heterocycles. The van der Waals surface area contributed by atoms with Crippen molar-refractivity contribution < 1.29 is 9.90 Å². The summed E-state index contributed by atoms with van der Waals surface area (Å²) in [6.07, 6.45) is 0. The van der Waals surface area contributed by atoms with Gasteiger partial charge in [-0.1, -0.05) is 11.6 Å². The molecule has 0 aliphatic carbocycles. The summed E-state index contributed by atoms with van der Waals surface area (Å²) in [4.78, 5) is 10.4.